The third kappa shape index (κ3) is 1.59. The first-order valence-corrected chi connectivity index (χ1v) is 5.82. The molecule has 98 valence electrons. The summed E-state index contributed by atoms with van der Waals surface area (Å²) in [6, 6.07) is 0. The van der Waals surface area contributed by atoms with Crippen LogP contribution in [0.25, 0.3) is 11.2 Å². The molecule has 2 aromatic rings. The summed E-state index contributed by atoms with van der Waals surface area (Å²) in [7, 11) is 5.23. The first-order chi connectivity index (χ1) is 8.52. The zero-order valence-electron chi connectivity index (χ0n) is 11.0. The summed E-state index contributed by atoms with van der Waals surface area (Å²) in [5, 5.41) is 2.99. The van der Waals surface area contributed by atoms with Crippen LogP contribution in [0.3, 0.4) is 0 Å². The predicted molar refractivity (Wildman–Crippen MR) is 68.7 cm³/mol. The van der Waals surface area contributed by atoms with Gasteiger partial charge >= 0.3 is 5.69 Å². The van der Waals surface area contributed by atoms with Gasteiger partial charge in [0.15, 0.2) is 11.2 Å². The average molecular weight is 251 g/mol. The summed E-state index contributed by atoms with van der Waals surface area (Å²) >= 11 is 0. The van der Waals surface area contributed by atoms with Gasteiger partial charge in [-0.3, -0.25) is 13.9 Å². The Kier molecular flexibility index (Phi) is 3.08. The number of nitrogens with one attached hydrogen (secondary N) is 1. The van der Waals surface area contributed by atoms with Crippen LogP contribution in [0.4, 0.5) is 0 Å². The van der Waals surface area contributed by atoms with E-state index in [0.717, 1.165) is 5.82 Å². The van der Waals surface area contributed by atoms with Crippen LogP contribution in [-0.4, -0.2) is 25.7 Å². The van der Waals surface area contributed by atoms with Crippen LogP contribution in [0, 0.1) is 0 Å². The fourth-order valence-corrected chi connectivity index (χ4v) is 2.08. The largest absolute Gasteiger partial charge is 0.332 e. The van der Waals surface area contributed by atoms with Gasteiger partial charge in [0.1, 0.15) is 5.82 Å². The topological polar surface area (TPSA) is 73.8 Å². The lowest BCUT2D eigenvalue weighted by Crippen LogP contribution is -2.39. The molecule has 2 rings (SSSR count). The van der Waals surface area contributed by atoms with Crippen LogP contribution in [0.2, 0.25) is 0 Å². The van der Waals surface area contributed by atoms with E-state index in [1.165, 1.54) is 9.13 Å². The first kappa shape index (κ1) is 12.6. The van der Waals surface area contributed by atoms with Crippen LogP contribution >= 0.6 is 0 Å². The molecule has 0 unspecified atom stereocenters. The first-order valence-electron chi connectivity index (χ1n) is 5.82. The van der Waals surface area contributed by atoms with Gasteiger partial charge in [0.25, 0.3) is 5.56 Å². The monoisotopic (exact) mass is 251 g/mol. The Morgan fingerprint density at radius 1 is 1.22 bits per heavy atom. The van der Waals surface area contributed by atoms with Crippen LogP contribution in [-0.2, 0) is 27.2 Å². The molecule has 0 aliphatic rings. The average Bonchev–Trinajstić information content (AvgIpc) is 2.66. The molecule has 0 aromatic carbocycles. The fraction of sp³-hybridized carbons (Fsp3) is 0.545. The van der Waals surface area contributed by atoms with Gasteiger partial charge in [-0.1, -0.05) is 0 Å². The predicted octanol–water partition coefficient (Wildman–Crippen LogP) is -0.827. The molecular formula is C11H17N5O2. The van der Waals surface area contributed by atoms with Crippen molar-refractivity contribution in [2.75, 3.05) is 7.05 Å². The Hall–Kier alpha value is -1.89. The summed E-state index contributed by atoms with van der Waals surface area (Å²) in [5.41, 5.74) is 0.281. The molecule has 7 nitrogen and oxygen atoms in total. The molecule has 0 saturated carbocycles. The Morgan fingerprint density at radius 2 is 1.89 bits per heavy atom. The van der Waals surface area contributed by atoms with Gasteiger partial charge in [0.05, 0.1) is 6.54 Å². The maximum absolute atomic E-state index is 12.2. The second-order valence-electron chi connectivity index (χ2n) is 4.18. The summed E-state index contributed by atoms with van der Waals surface area (Å²) in [6.45, 7) is 2.68. The van der Waals surface area contributed by atoms with Crippen molar-refractivity contribution in [1.82, 2.24) is 24.0 Å². The Labute approximate surface area is 104 Å². The lowest BCUT2D eigenvalue weighted by Gasteiger charge is -2.05. The van der Waals surface area contributed by atoms with E-state index in [2.05, 4.69) is 10.3 Å². The van der Waals surface area contributed by atoms with Gasteiger partial charge in [-0.05, 0) is 14.0 Å². The van der Waals surface area contributed by atoms with Crippen molar-refractivity contribution in [1.29, 1.82) is 0 Å². The quantitative estimate of drug-likeness (QED) is 0.773. The maximum Gasteiger partial charge on any atom is 0.332 e. The van der Waals surface area contributed by atoms with Crippen molar-refractivity contribution in [3.63, 3.8) is 0 Å². The van der Waals surface area contributed by atoms with Crippen molar-refractivity contribution >= 4 is 11.2 Å². The molecule has 2 aromatic heterocycles. The molecule has 0 aliphatic heterocycles. The van der Waals surface area contributed by atoms with E-state index < -0.39 is 0 Å². The minimum absolute atomic E-state index is 0.284. The van der Waals surface area contributed by atoms with Crippen molar-refractivity contribution in [2.45, 2.75) is 20.0 Å². The van der Waals surface area contributed by atoms with Gasteiger partial charge in [0.2, 0.25) is 0 Å². The van der Waals surface area contributed by atoms with Gasteiger partial charge in [-0.15, -0.1) is 0 Å². The molecule has 2 heterocycles. The van der Waals surface area contributed by atoms with Crippen LogP contribution in [0.15, 0.2) is 9.59 Å². The van der Waals surface area contributed by atoms with E-state index in [4.69, 9.17) is 0 Å². The fourth-order valence-electron chi connectivity index (χ4n) is 2.08. The zero-order chi connectivity index (χ0) is 13.4. The molecule has 0 spiro atoms. The van der Waals surface area contributed by atoms with Crippen molar-refractivity contribution in [2.24, 2.45) is 14.1 Å². The Balaban J connectivity index is 2.95. The number of imidazole rings is 1. The number of aryl methyl sites for hydroxylation is 2. The number of nitrogens with zero attached hydrogens (tertiary/aromatic N) is 4. The summed E-state index contributed by atoms with van der Waals surface area (Å²) < 4.78 is 4.37. The third-order valence-electron chi connectivity index (χ3n) is 3.10. The molecule has 1 N–H and O–H groups in total. The van der Waals surface area contributed by atoms with Crippen molar-refractivity contribution in [3.8, 4) is 0 Å². The highest BCUT2D eigenvalue weighted by Gasteiger charge is 2.16. The zero-order valence-corrected chi connectivity index (χ0v) is 11.0. The van der Waals surface area contributed by atoms with E-state index in [-0.39, 0.29) is 11.2 Å². The molecule has 0 bridgehead atoms. The summed E-state index contributed by atoms with van der Waals surface area (Å²) in [6.07, 6.45) is 0. The van der Waals surface area contributed by atoms with E-state index in [9.17, 15) is 9.59 Å². The smallest absolute Gasteiger partial charge is 0.324 e. The molecule has 0 amide bonds. The molecular weight excluding hydrogens is 234 g/mol. The maximum atomic E-state index is 12.2. The van der Waals surface area contributed by atoms with Crippen molar-refractivity contribution in [3.05, 3.63) is 26.7 Å². The van der Waals surface area contributed by atoms with Gasteiger partial charge in [-0.2, -0.15) is 0 Å². The van der Waals surface area contributed by atoms with E-state index in [0.29, 0.717) is 24.3 Å². The highest BCUT2D eigenvalue weighted by Crippen LogP contribution is 2.08. The van der Waals surface area contributed by atoms with Crippen LogP contribution in [0.5, 0.6) is 0 Å². The minimum atomic E-state index is -0.330. The third-order valence-corrected chi connectivity index (χ3v) is 3.10. The number of fused-ring (bicyclic) bond motifs is 1. The molecule has 0 fully saturated rings. The second kappa shape index (κ2) is 4.41. The van der Waals surface area contributed by atoms with E-state index in [1.807, 2.05) is 7.05 Å². The van der Waals surface area contributed by atoms with Gasteiger partial charge < -0.3 is 9.88 Å². The number of rotatable bonds is 3. The van der Waals surface area contributed by atoms with Crippen LogP contribution < -0.4 is 16.6 Å². The number of aromatic nitrogens is 4. The molecule has 0 atom stereocenters. The van der Waals surface area contributed by atoms with E-state index >= 15 is 0 Å². The normalized spacial score (nSPS) is 11.3. The van der Waals surface area contributed by atoms with Crippen molar-refractivity contribution < 1.29 is 0 Å². The molecule has 0 saturated heterocycles. The molecule has 18 heavy (non-hydrogen) atoms. The lowest BCUT2D eigenvalue weighted by molar-refractivity contribution is 0.635. The van der Waals surface area contributed by atoms with Crippen LogP contribution in [0.1, 0.15) is 12.7 Å². The Morgan fingerprint density at radius 3 is 2.44 bits per heavy atom. The lowest BCUT2D eigenvalue weighted by atomic mass is 10.5. The SMILES string of the molecule is CCn1c(=O)c2c(nc(CNC)n2C)n(C)c1=O. The summed E-state index contributed by atoms with van der Waals surface area (Å²) in [5.74, 6) is 0.730. The second-order valence-corrected chi connectivity index (χ2v) is 4.18. The number of hydrogen-bond acceptors (Lipinski definition) is 4. The number of hydrogen-bond donors (Lipinski definition) is 1. The highest BCUT2D eigenvalue weighted by molar-refractivity contribution is 5.70. The minimum Gasteiger partial charge on any atom is -0.324 e. The molecule has 0 aliphatic carbocycles. The highest BCUT2D eigenvalue weighted by atomic mass is 16.2. The standard InChI is InChI=1S/C11H17N5O2/c1-5-16-10(17)8-9(15(4)11(16)18)13-7(6-12-2)14(8)3/h12H,5-6H2,1-4H3. The van der Waals surface area contributed by atoms with Gasteiger partial charge in [-0.25, -0.2) is 9.78 Å². The Bertz CT molecular complexity index is 707. The van der Waals surface area contributed by atoms with E-state index in [1.54, 1.807) is 25.6 Å². The summed E-state index contributed by atoms with van der Waals surface area (Å²) in [4.78, 5) is 28.6. The molecule has 0 radical (unpaired) electrons. The van der Waals surface area contributed by atoms with Gasteiger partial charge in [0, 0.05) is 20.6 Å². The molecule has 7 heteroatoms.